The van der Waals surface area contributed by atoms with Gasteiger partial charge in [-0.15, -0.1) is 0 Å². The minimum atomic E-state index is -1.13. The van der Waals surface area contributed by atoms with E-state index in [0.717, 1.165) is 13.2 Å². The van der Waals surface area contributed by atoms with Crippen LogP contribution in [0.3, 0.4) is 0 Å². The summed E-state index contributed by atoms with van der Waals surface area (Å²) in [7, 11) is -1.13. The zero-order valence-electron chi connectivity index (χ0n) is 9.58. The average Bonchev–Trinajstić information content (AvgIpc) is 2.14. The minimum absolute atomic E-state index is 0.666. The van der Waals surface area contributed by atoms with E-state index in [1.54, 1.807) is 0 Å². The molecule has 0 N–H and O–H groups in total. The van der Waals surface area contributed by atoms with E-state index < -0.39 is 8.24 Å². The van der Waals surface area contributed by atoms with Crippen LogP contribution in [-0.4, -0.2) is 44.0 Å². The van der Waals surface area contributed by atoms with E-state index in [1.807, 2.05) is 0 Å². The molecule has 0 atom stereocenters. The van der Waals surface area contributed by atoms with Crippen molar-refractivity contribution in [3.05, 3.63) is 0 Å². The molecule has 1 saturated heterocycles. The second-order valence-corrected chi connectivity index (χ2v) is 9.93. The van der Waals surface area contributed by atoms with Crippen molar-refractivity contribution in [1.29, 1.82) is 5.26 Å². The summed E-state index contributed by atoms with van der Waals surface area (Å²) in [6, 6.07) is 2.22. The van der Waals surface area contributed by atoms with Crippen LogP contribution in [0.4, 0.5) is 0 Å². The van der Waals surface area contributed by atoms with Crippen LogP contribution in [0.1, 0.15) is 12.8 Å². The number of nitriles is 1. The molecule has 0 aromatic rings. The average molecular weight is 211 g/mol. The van der Waals surface area contributed by atoms with Crippen molar-refractivity contribution in [3.63, 3.8) is 0 Å². The van der Waals surface area contributed by atoms with Gasteiger partial charge < -0.3 is 4.57 Å². The lowest BCUT2D eigenvalue weighted by Crippen LogP contribution is -2.55. The Labute approximate surface area is 88.4 Å². The van der Waals surface area contributed by atoms with Crippen molar-refractivity contribution in [1.82, 2.24) is 9.47 Å². The molecule has 1 aliphatic heterocycles. The van der Waals surface area contributed by atoms with Gasteiger partial charge in [0.05, 0.1) is 6.07 Å². The highest BCUT2D eigenvalue weighted by atomic mass is 28.3. The van der Waals surface area contributed by atoms with Crippen molar-refractivity contribution in [2.45, 2.75) is 32.5 Å². The van der Waals surface area contributed by atoms with Crippen LogP contribution in [0, 0.1) is 11.3 Å². The van der Waals surface area contributed by atoms with Crippen LogP contribution in [0.5, 0.6) is 0 Å². The number of hydrogen-bond acceptors (Lipinski definition) is 3. The molecular formula is C10H21N3Si. The van der Waals surface area contributed by atoms with Gasteiger partial charge in [0.2, 0.25) is 0 Å². The number of nitrogens with zero attached hydrogens (tertiary/aromatic N) is 3. The molecule has 0 spiro atoms. The molecule has 14 heavy (non-hydrogen) atoms. The Morgan fingerprint density at radius 3 is 2.57 bits per heavy atom. The van der Waals surface area contributed by atoms with Crippen molar-refractivity contribution < 1.29 is 0 Å². The molecule has 0 aromatic heterocycles. The Bertz CT molecular complexity index is 216. The van der Waals surface area contributed by atoms with Crippen molar-refractivity contribution in [2.75, 3.05) is 26.3 Å². The first-order valence-electron chi connectivity index (χ1n) is 5.38. The third-order valence-corrected chi connectivity index (χ3v) is 5.02. The Balaban J connectivity index is 2.40. The number of rotatable bonds is 3. The number of hydrogen-bond donors (Lipinski definition) is 0. The van der Waals surface area contributed by atoms with Gasteiger partial charge in [0, 0.05) is 26.2 Å². The van der Waals surface area contributed by atoms with Gasteiger partial charge in [-0.1, -0.05) is 19.6 Å². The molecular weight excluding hydrogens is 190 g/mol. The van der Waals surface area contributed by atoms with Crippen LogP contribution in [-0.2, 0) is 0 Å². The molecule has 0 saturated carbocycles. The van der Waals surface area contributed by atoms with Crippen molar-refractivity contribution in [3.8, 4) is 6.07 Å². The van der Waals surface area contributed by atoms with E-state index in [1.165, 1.54) is 19.5 Å². The summed E-state index contributed by atoms with van der Waals surface area (Å²) in [6.07, 6.45) is 1.93. The largest absolute Gasteiger partial charge is 0.312 e. The van der Waals surface area contributed by atoms with Gasteiger partial charge in [-0.25, -0.2) is 0 Å². The summed E-state index contributed by atoms with van der Waals surface area (Å²) >= 11 is 0. The van der Waals surface area contributed by atoms with E-state index in [0.29, 0.717) is 6.42 Å². The lowest BCUT2D eigenvalue weighted by atomic mass is 10.3. The summed E-state index contributed by atoms with van der Waals surface area (Å²) < 4.78 is 2.62. The van der Waals surface area contributed by atoms with Gasteiger partial charge >= 0.3 is 0 Å². The van der Waals surface area contributed by atoms with Gasteiger partial charge in [-0.3, -0.25) is 4.90 Å². The first kappa shape index (κ1) is 11.7. The predicted molar refractivity (Wildman–Crippen MR) is 61.3 cm³/mol. The normalized spacial score (nSPS) is 20.7. The van der Waals surface area contributed by atoms with Crippen LogP contribution < -0.4 is 0 Å². The van der Waals surface area contributed by atoms with Gasteiger partial charge in [0.25, 0.3) is 0 Å². The quantitative estimate of drug-likeness (QED) is 0.666. The first-order valence-corrected chi connectivity index (χ1v) is 8.83. The lowest BCUT2D eigenvalue weighted by Gasteiger charge is -2.42. The highest BCUT2D eigenvalue weighted by molar-refractivity contribution is 6.73. The lowest BCUT2D eigenvalue weighted by molar-refractivity contribution is 0.144. The summed E-state index contributed by atoms with van der Waals surface area (Å²) in [6.45, 7) is 11.6. The highest BCUT2D eigenvalue weighted by Crippen LogP contribution is 2.15. The van der Waals surface area contributed by atoms with Crippen molar-refractivity contribution >= 4 is 8.24 Å². The Morgan fingerprint density at radius 2 is 2.00 bits per heavy atom. The fraction of sp³-hybridized carbons (Fsp3) is 0.900. The zero-order valence-corrected chi connectivity index (χ0v) is 10.6. The van der Waals surface area contributed by atoms with E-state index in [-0.39, 0.29) is 0 Å². The maximum atomic E-state index is 8.54. The SMILES string of the molecule is C[Si](C)(C)N1CCCN(CCC#N)C1. The van der Waals surface area contributed by atoms with E-state index in [2.05, 4.69) is 35.2 Å². The molecule has 0 aromatic carbocycles. The smallest absolute Gasteiger partial charge is 0.120 e. The van der Waals surface area contributed by atoms with Crippen molar-refractivity contribution in [2.24, 2.45) is 0 Å². The molecule has 0 bridgehead atoms. The Morgan fingerprint density at radius 1 is 1.29 bits per heavy atom. The van der Waals surface area contributed by atoms with Crippen LogP contribution in [0.15, 0.2) is 0 Å². The molecule has 0 amide bonds. The van der Waals surface area contributed by atoms with Gasteiger partial charge in [0.1, 0.15) is 8.24 Å². The van der Waals surface area contributed by atoms with Gasteiger partial charge in [-0.05, 0) is 13.0 Å². The Kier molecular flexibility index (Phi) is 4.11. The third kappa shape index (κ3) is 3.41. The second-order valence-electron chi connectivity index (χ2n) is 4.96. The van der Waals surface area contributed by atoms with Crippen LogP contribution >= 0.6 is 0 Å². The van der Waals surface area contributed by atoms with E-state index in [9.17, 15) is 0 Å². The monoisotopic (exact) mass is 211 g/mol. The summed E-state index contributed by atoms with van der Waals surface area (Å²) in [5.74, 6) is 0. The molecule has 1 heterocycles. The first-order chi connectivity index (χ1) is 6.54. The fourth-order valence-electron chi connectivity index (χ4n) is 1.81. The molecule has 1 rings (SSSR count). The highest BCUT2D eigenvalue weighted by Gasteiger charge is 2.27. The summed E-state index contributed by atoms with van der Waals surface area (Å²) in [5, 5.41) is 8.54. The van der Waals surface area contributed by atoms with Crippen LogP contribution in [0.25, 0.3) is 0 Å². The summed E-state index contributed by atoms with van der Waals surface area (Å²) in [5.41, 5.74) is 0. The predicted octanol–water partition coefficient (Wildman–Crippen LogP) is 1.70. The molecule has 0 aliphatic carbocycles. The van der Waals surface area contributed by atoms with Crippen LogP contribution in [0.2, 0.25) is 19.6 Å². The molecule has 4 heteroatoms. The molecule has 0 unspecified atom stereocenters. The minimum Gasteiger partial charge on any atom is -0.312 e. The molecule has 0 radical (unpaired) electrons. The molecule has 3 nitrogen and oxygen atoms in total. The van der Waals surface area contributed by atoms with Gasteiger partial charge in [-0.2, -0.15) is 5.26 Å². The fourth-order valence-corrected chi connectivity index (χ4v) is 3.26. The third-order valence-electron chi connectivity index (χ3n) is 2.76. The second kappa shape index (κ2) is 4.92. The van der Waals surface area contributed by atoms with Gasteiger partial charge in [0.15, 0.2) is 0 Å². The molecule has 1 fully saturated rings. The topological polar surface area (TPSA) is 30.3 Å². The maximum Gasteiger partial charge on any atom is 0.120 e. The zero-order chi connectivity index (χ0) is 10.6. The summed E-state index contributed by atoms with van der Waals surface area (Å²) in [4.78, 5) is 2.41. The van der Waals surface area contributed by atoms with E-state index >= 15 is 0 Å². The maximum absolute atomic E-state index is 8.54. The Hall–Kier alpha value is -0.373. The standard InChI is InChI=1S/C10H21N3Si/c1-14(2,3)13-9-5-8-12(10-13)7-4-6-11/h4-5,7-10H2,1-3H3. The molecule has 1 aliphatic rings. The van der Waals surface area contributed by atoms with E-state index in [4.69, 9.17) is 5.26 Å². The molecule has 80 valence electrons.